The van der Waals surface area contributed by atoms with E-state index in [1.807, 2.05) is 6.08 Å². The maximum atomic E-state index is 11.0. The predicted molar refractivity (Wildman–Crippen MR) is 62.4 cm³/mol. The van der Waals surface area contributed by atoms with Crippen molar-refractivity contribution >= 4 is 11.9 Å². The van der Waals surface area contributed by atoms with E-state index < -0.39 is 11.9 Å². The minimum atomic E-state index is -1.13. The van der Waals surface area contributed by atoms with Gasteiger partial charge in [-0.3, -0.25) is 0 Å². The summed E-state index contributed by atoms with van der Waals surface area (Å²) in [4.78, 5) is 13.8. The summed E-state index contributed by atoms with van der Waals surface area (Å²) < 4.78 is 0. The van der Waals surface area contributed by atoms with Gasteiger partial charge in [0, 0.05) is 12.6 Å². The molecule has 90 valence electrons. The fraction of sp³-hybridized carbons (Fsp3) is 0.500. The Morgan fingerprint density at radius 1 is 1.24 bits per heavy atom. The normalized spacial score (nSPS) is 11.2. The second-order valence-electron chi connectivity index (χ2n) is 3.38. The van der Waals surface area contributed by atoms with Crippen LogP contribution in [0.3, 0.4) is 0 Å². The van der Waals surface area contributed by atoms with Gasteiger partial charge in [-0.25, -0.2) is 4.79 Å². The van der Waals surface area contributed by atoms with Crippen LogP contribution in [0.1, 0.15) is 32.1 Å². The fourth-order valence-electron chi connectivity index (χ4n) is 1.14. The average Bonchev–Trinajstić information content (AvgIpc) is 2.25. The van der Waals surface area contributed by atoms with Crippen molar-refractivity contribution in [1.82, 2.24) is 0 Å². The third-order valence-electron chi connectivity index (χ3n) is 1.95. The van der Waals surface area contributed by atoms with E-state index in [9.17, 15) is 9.90 Å². The van der Waals surface area contributed by atoms with Gasteiger partial charge in [0.2, 0.25) is 0 Å². The van der Waals surface area contributed by atoms with E-state index in [0.717, 1.165) is 44.3 Å². The number of hydrogen-bond donors (Lipinski definition) is 1. The summed E-state index contributed by atoms with van der Waals surface area (Å²) in [5.74, 6) is -1.61. The Labute approximate surface area is 145 Å². The number of carboxylic acid groups (broad SMARTS) is 1. The molecular weight excluding hydrogens is 245 g/mol. The molecule has 0 aromatic carbocycles. The van der Waals surface area contributed by atoms with Crippen LogP contribution in [0.15, 0.2) is 29.8 Å². The van der Waals surface area contributed by atoms with Crippen LogP contribution in [-0.2, 0) is 4.79 Å². The number of rotatable bonds is 9. The number of unbranched alkanes of at least 4 members (excludes halogenated alkanes) is 4. The molecule has 0 fully saturated rings. The Bertz CT molecular complexity index is 275. The van der Waals surface area contributed by atoms with Crippen LogP contribution in [-0.4, -0.2) is 23.5 Å². The zero-order chi connectivity index (χ0) is 12.2. The van der Waals surface area contributed by atoms with Crippen molar-refractivity contribution < 1.29 is 66.4 Å². The predicted octanol–water partition coefficient (Wildman–Crippen LogP) is -1.47. The Morgan fingerprint density at radius 3 is 2.47 bits per heavy atom. The van der Waals surface area contributed by atoms with Crippen LogP contribution in [0.4, 0.5) is 0 Å². The molecule has 0 saturated carbocycles. The number of nitrogens with zero attached hydrogens (tertiary/aromatic N) is 1. The molecule has 0 aliphatic carbocycles. The van der Waals surface area contributed by atoms with Crippen molar-refractivity contribution in [2.45, 2.75) is 32.1 Å². The number of carboxylic acids is 1. The van der Waals surface area contributed by atoms with Gasteiger partial charge in [-0.15, -0.1) is 6.58 Å². The molecule has 0 aromatic heterocycles. The van der Waals surface area contributed by atoms with Crippen molar-refractivity contribution in [2.24, 2.45) is 4.99 Å². The monoisotopic (exact) mass is 263 g/mol. The number of allylic oxidation sites excluding steroid dienone is 1. The van der Waals surface area contributed by atoms with Crippen LogP contribution >= 0.6 is 0 Å². The molecule has 4 nitrogen and oxygen atoms in total. The number of hydrogen-bond acceptors (Lipinski definition) is 3. The summed E-state index contributed by atoms with van der Waals surface area (Å²) in [5, 5.41) is 19.2. The molecule has 0 atom stereocenters. The molecule has 0 bridgehead atoms. The molecule has 5 heteroatoms. The topological polar surface area (TPSA) is 72.7 Å². The third kappa shape index (κ3) is 16.1. The molecule has 1 N–H and O–H groups in total. The molecule has 0 aliphatic rings. The minimum Gasteiger partial charge on any atom is -0.859 e. The Balaban J connectivity index is 0. The number of carbonyl (C=O) groups is 1. The minimum absolute atomic E-state index is 0. The summed E-state index contributed by atoms with van der Waals surface area (Å²) in [5.41, 5.74) is 0. The van der Waals surface area contributed by atoms with Gasteiger partial charge in [0.15, 0.2) is 0 Å². The van der Waals surface area contributed by atoms with Crippen molar-refractivity contribution in [3.05, 3.63) is 24.8 Å². The molecule has 0 amide bonds. The Hall–Kier alpha value is 0.0564. The average molecular weight is 263 g/mol. The molecule has 0 unspecified atom stereocenters. The first kappa shape index (κ1) is 19.4. The van der Waals surface area contributed by atoms with Crippen LogP contribution in [0.25, 0.3) is 0 Å². The van der Waals surface area contributed by atoms with Gasteiger partial charge in [-0.1, -0.05) is 18.9 Å². The van der Waals surface area contributed by atoms with E-state index in [-0.39, 0.29) is 51.4 Å². The van der Waals surface area contributed by atoms with Crippen LogP contribution < -0.4 is 56.5 Å². The van der Waals surface area contributed by atoms with E-state index in [1.54, 1.807) is 0 Å². The second kappa shape index (κ2) is 14.1. The summed E-state index contributed by atoms with van der Waals surface area (Å²) in [6, 6.07) is 0. The van der Waals surface area contributed by atoms with Crippen molar-refractivity contribution in [1.29, 1.82) is 0 Å². The van der Waals surface area contributed by atoms with Crippen molar-refractivity contribution in [3.63, 3.8) is 0 Å². The first-order valence-electron chi connectivity index (χ1n) is 5.40. The summed E-state index contributed by atoms with van der Waals surface area (Å²) in [6.07, 6.45) is 8.83. The number of aliphatic carboxylic acids is 1. The maximum absolute atomic E-state index is 11.0. The molecule has 0 radical (unpaired) electrons. The van der Waals surface area contributed by atoms with Gasteiger partial charge >= 0.3 is 57.4 Å². The van der Waals surface area contributed by atoms with Gasteiger partial charge in [-0.2, -0.15) is 0 Å². The smallest absolute Gasteiger partial charge is 0.859 e. The molecule has 0 heterocycles. The Kier molecular flexibility index (Phi) is 16.1. The van der Waals surface area contributed by atoms with Crippen molar-refractivity contribution in [2.75, 3.05) is 6.54 Å². The summed E-state index contributed by atoms with van der Waals surface area (Å²) in [6.45, 7) is 4.10. The third-order valence-corrected chi connectivity index (χ3v) is 1.95. The van der Waals surface area contributed by atoms with Crippen LogP contribution in [0.2, 0.25) is 0 Å². The molecule has 0 aliphatic heterocycles. The van der Waals surface area contributed by atoms with E-state index in [0.29, 0.717) is 6.54 Å². The second-order valence-corrected chi connectivity index (χ2v) is 3.38. The largest absolute Gasteiger partial charge is 1.00 e. The SMILES string of the molecule is C=CCCCCCCN=C([O-])/C=C/C(=O)O.[K+]. The molecule has 0 rings (SSSR count). The van der Waals surface area contributed by atoms with E-state index in [2.05, 4.69) is 11.6 Å². The van der Waals surface area contributed by atoms with Gasteiger partial charge in [-0.05, 0) is 31.2 Å². The van der Waals surface area contributed by atoms with Crippen molar-refractivity contribution in [3.8, 4) is 0 Å². The number of aliphatic imine (C=N–C) groups is 1. The Morgan fingerprint density at radius 2 is 1.88 bits per heavy atom. The van der Waals surface area contributed by atoms with Gasteiger partial charge in [0.1, 0.15) is 0 Å². The quantitative estimate of drug-likeness (QED) is 0.138. The van der Waals surface area contributed by atoms with E-state index in [1.165, 1.54) is 0 Å². The van der Waals surface area contributed by atoms with Crippen LogP contribution in [0.5, 0.6) is 0 Å². The zero-order valence-corrected chi connectivity index (χ0v) is 13.5. The van der Waals surface area contributed by atoms with Gasteiger partial charge in [0.05, 0.1) is 0 Å². The fourth-order valence-corrected chi connectivity index (χ4v) is 1.14. The van der Waals surface area contributed by atoms with Crippen LogP contribution in [0, 0.1) is 0 Å². The first-order chi connectivity index (χ1) is 7.66. The molecular formula is C12H18KNO3. The standard InChI is InChI=1S/C12H19NO3.K/c1-2-3-4-5-6-7-10-13-11(14)8-9-12(15)16;/h2,8-9H,1,3-7,10H2,(H,13,14)(H,15,16);/q;+1/p-1/b9-8+;. The summed E-state index contributed by atoms with van der Waals surface area (Å²) in [7, 11) is 0. The van der Waals surface area contributed by atoms with E-state index >= 15 is 0 Å². The summed E-state index contributed by atoms with van der Waals surface area (Å²) >= 11 is 0. The zero-order valence-electron chi connectivity index (χ0n) is 10.4. The molecule has 17 heavy (non-hydrogen) atoms. The first-order valence-corrected chi connectivity index (χ1v) is 5.40. The maximum Gasteiger partial charge on any atom is 1.00 e. The van der Waals surface area contributed by atoms with Gasteiger partial charge < -0.3 is 15.2 Å². The molecule has 0 aromatic rings. The van der Waals surface area contributed by atoms with E-state index in [4.69, 9.17) is 5.11 Å². The molecule has 0 saturated heterocycles. The van der Waals surface area contributed by atoms with Gasteiger partial charge in [0.25, 0.3) is 0 Å². The molecule has 0 spiro atoms.